The number of halogens is 2. The van der Waals surface area contributed by atoms with Gasteiger partial charge in [0.25, 0.3) is 5.91 Å². The molecule has 0 atom stereocenters. The first-order valence-corrected chi connectivity index (χ1v) is 7.90. The zero-order valence-corrected chi connectivity index (χ0v) is 14.1. The molecule has 1 aliphatic rings. The number of hydrogen-bond acceptors (Lipinski definition) is 4. The highest BCUT2D eigenvalue weighted by atomic mass is 19.3. The average molecular weight is 357 g/mol. The van der Waals surface area contributed by atoms with E-state index in [0.717, 1.165) is 0 Å². The van der Waals surface area contributed by atoms with E-state index in [1.165, 1.54) is 12.1 Å². The third-order valence-corrected chi connectivity index (χ3v) is 4.25. The molecule has 0 saturated carbocycles. The van der Waals surface area contributed by atoms with Gasteiger partial charge in [-0.2, -0.15) is 8.78 Å². The Hall–Kier alpha value is -2.22. The predicted molar refractivity (Wildman–Crippen MR) is 85.1 cm³/mol. The van der Waals surface area contributed by atoms with E-state index in [2.05, 4.69) is 10.1 Å². The Balaban J connectivity index is 2.22. The first-order valence-electron chi connectivity index (χ1n) is 7.90. The highest BCUT2D eigenvalue weighted by molar-refractivity contribution is 5.95. The lowest BCUT2D eigenvalue weighted by atomic mass is 9.86. The van der Waals surface area contributed by atoms with Crippen molar-refractivity contribution in [1.82, 2.24) is 5.32 Å². The molecule has 25 heavy (non-hydrogen) atoms. The molecule has 1 heterocycles. The van der Waals surface area contributed by atoms with E-state index in [0.29, 0.717) is 37.2 Å². The van der Waals surface area contributed by atoms with Crippen LogP contribution in [-0.2, 0) is 9.53 Å². The van der Waals surface area contributed by atoms with Gasteiger partial charge in [0.15, 0.2) is 0 Å². The van der Waals surface area contributed by atoms with Gasteiger partial charge in [-0.25, -0.2) is 0 Å². The highest BCUT2D eigenvalue weighted by Gasteiger charge is 2.36. The topological polar surface area (TPSA) is 84.9 Å². The van der Waals surface area contributed by atoms with Crippen LogP contribution in [0.5, 0.6) is 5.75 Å². The van der Waals surface area contributed by atoms with Crippen LogP contribution in [0.4, 0.5) is 8.78 Å². The number of nitrogens with one attached hydrogen (secondary N) is 1. The molecule has 0 aliphatic carbocycles. The molecule has 1 amide bonds. The van der Waals surface area contributed by atoms with E-state index in [4.69, 9.17) is 9.84 Å². The Morgan fingerprint density at radius 2 is 1.84 bits per heavy atom. The number of carboxylic acids is 1. The summed E-state index contributed by atoms with van der Waals surface area (Å²) in [6, 6.07) is 2.90. The molecule has 1 aromatic rings. The molecule has 8 heteroatoms. The second kappa shape index (κ2) is 7.77. The maximum atomic E-state index is 12.6. The second-order valence-corrected chi connectivity index (χ2v) is 6.24. The maximum Gasteiger partial charge on any atom is 0.387 e. The molecule has 0 unspecified atom stereocenters. The van der Waals surface area contributed by atoms with Crippen LogP contribution in [0.1, 0.15) is 40.7 Å². The molecule has 0 radical (unpaired) electrons. The normalized spacial score (nSPS) is 16.5. The summed E-state index contributed by atoms with van der Waals surface area (Å²) in [5.74, 6) is -1.41. The summed E-state index contributed by atoms with van der Waals surface area (Å²) in [4.78, 5) is 23.8. The van der Waals surface area contributed by atoms with E-state index in [9.17, 15) is 18.4 Å². The highest BCUT2D eigenvalue weighted by Crippen LogP contribution is 2.28. The van der Waals surface area contributed by atoms with E-state index in [1.807, 2.05) is 0 Å². The van der Waals surface area contributed by atoms with Gasteiger partial charge in [0.2, 0.25) is 0 Å². The van der Waals surface area contributed by atoms with Crippen LogP contribution in [0.2, 0.25) is 0 Å². The number of benzene rings is 1. The van der Waals surface area contributed by atoms with Crippen molar-refractivity contribution in [2.24, 2.45) is 0 Å². The lowest BCUT2D eigenvalue weighted by Crippen LogP contribution is -2.53. The van der Waals surface area contributed by atoms with Gasteiger partial charge in [0.05, 0.1) is 12.0 Å². The van der Waals surface area contributed by atoms with Crippen molar-refractivity contribution in [2.45, 2.75) is 45.3 Å². The van der Waals surface area contributed by atoms with Crippen LogP contribution in [0, 0.1) is 13.8 Å². The van der Waals surface area contributed by atoms with Crippen molar-refractivity contribution in [3.63, 3.8) is 0 Å². The number of amides is 1. The van der Waals surface area contributed by atoms with Crippen molar-refractivity contribution in [1.29, 1.82) is 0 Å². The number of aliphatic carboxylic acids is 1. The van der Waals surface area contributed by atoms with E-state index < -0.39 is 24.0 Å². The molecule has 1 saturated heterocycles. The molecule has 6 nitrogen and oxygen atoms in total. The predicted octanol–water partition coefficient (Wildman–Crippen LogP) is 2.66. The summed E-state index contributed by atoms with van der Waals surface area (Å²) in [5.41, 5.74) is 0.212. The maximum absolute atomic E-state index is 12.6. The summed E-state index contributed by atoms with van der Waals surface area (Å²) < 4.78 is 34.6. The van der Waals surface area contributed by atoms with Crippen LogP contribution < -0.4 is 10.1 Å². The molecule has 2 rings (SSSR count). The fourth-order valence-corrected chi connectivity index (χ4v) is 3.07. The summed E-state index contributed by atoms with van der Waals surface area (Å²) in [6.07, 6.45) is 0.595. The Kier molecular flexibility index (Phi) is 5.94. The number of aryl methyl sites for hydroxylation is 2. The largest absolute Gasteiger partial charge is 0.481 e. The minimum Gasteiger partial charge on any atom is -0.481 e. The van der Waals surface area contributed by atoms with Crippen molar-refractivity contribution in [3.8, 4) is 5.75 Å². The Labute approximate surface area is 144 Å². The van der Waals surface area contributed by atoms with Gasteiger partial charge in [-0.1, -0.05) is 0 Å². The third kappa shape index (κ3) is 4.88. The number of alkyl halides is 2. The van der Waals surface area contributed by atoms with Crippen LogP contribution in [0.15, 0.2) is 12.1 Å². The second-order valence-electron chi connectivity index (χ2n) is 6.24. The van der Waals surface area contributed by atoms with Crippen LogP contribution >= 0.6 is 0 Å². The van der Waals surface area contributed by atoms with E-state index in [-0.39, 0.29) is 17.7 Å². The summed E-state index contributed by atoms with van der Waals surface area (Å²) >= 11 is 0. The molecule has 2 N–H and O–H groups in total. The van der Waals surface area contributed by atoms with Crippen molar-refractivity contribution >= 4 is 11.9 Å². The Morgan fingerprint density at radius 1 is 1.28 bits per heavy atom. The van der Waals surface area contributed by atoms with Crippen LogP contribution in [0.25, 0.3) is 0 Å². The van der Waals surface area contributed by atoms with Gasteiger partial charge >= 0.3 is 12.6 Å². The van der Waals surface area contributed by atoms with Gasteiger partial charge in [-0.3, -0.25) is 9.59 Å². The molecule has 1 aliphatic heterocycles. The van der Waals surface area contributed by atoms with E-state index >= 15 is 0 Å². The fourth-order valence-electron chi connectivity index (χ4n) is 3.07. The van der Waals surface area contributed by atoms with Gasteiger partial charge in [-0.15, -0.1) is 0 Å². The molecule has 0 bridgehead atoms. The monoisotopic (exact) mass is 357 g/mol. The Bertz CT molecular complexity index is 633. The van der Waals surface area contributed by atoms with Gasteiger partial charge in [0.1, 0.15) is 5.75 Å². The van der Waals surface area contributed by atoms with Gasteiger partial charge in [-0.05, 0) is 49.9 Å². The smallest absolute Gasteiger partial charge is 0.387 e. The standard InChI is InChI=1S/C17H21F2NO5/c1-10-7-12(8-11(2)14(10)25-16(18)19)15(23)20-17(9-13(21)22)3-5-24-6-4-17/h7-8,16H,3-6,9H2,1-2H3,(H,20,23)(H,21,22). The van der Waals surface area contributed by atoms with Gasteiger partial charge in [0, 0.05) is 18.8 Å². The van der Waals surface area contributed by atoms with E-state index in [1.54, 1.807) is 13.8 Å². The molecule has 138 valence electrons. The zero-order chi connectivity index (χ0) is 18.6. The Morgan fingerprint density at radius 3 is 2.32 bits per heavy atom. The van der Waals surface area contributed by atoms with Crippen LogP contribution in [-0.4, -0.2) is 42.3 Å². The van der Waals surface area contributed by atoms with Crippen LogP contribution in [0.3, 0.4) is 0 Å². The molecular weight excluding hydrogens is 336 g/mol. The molecular formula is C17H21F2NO5. The number of hydrogen-bond donors (Lipinski definition) is 2. The fraction of sp³-hybridized carbons (Fsp3) is 0.529. The molecule has 1 fully saturated rings. The quantitative estimate of drug-likeness (QED) is 0.818. The minimum atomic E-state index is -2.95. The minimum absolute atomic E-state index is 0.0397. The number of carboxylic acid groups (broad SMARTS) is 1. The number of ether oxygens (including phenoxy) is 2. The van der Waals surface area contributed by atoms with Crippen molar-refractivity contribution < 1.29 is 33.0 Å². The summed E-state index contributed by atoms with van der Waals surface area (Å²) in [6.45, 7) is 0.934. The first-order chi connectivity index (χ1) is 11.7. The number of carbonyl (C=O) groups excluding carboxylic acids is 1. The molecule has 0 spiro atoms. The lowest BCUT2D eigenvalue weighted by Gasteiger charge is -2.36. The average Bonchev–Trinajstić information content (AvgIpc) is 2.50. The zero-order valence-electron chi connectivity index (χ0n) is 14.1. The van der Waals surface area contributed by atoms with Crippen molar-refractivity contribution in [3.05, 3.63) is 28.8 Å². The SMILES string of the molecule is Cc1cc(C(=O)NC2(CC(=O)O)CCOCC2)cc(C)c1OC(F)F. The number of rotatable bonds is 6. The van der Waals surface area contributed by atoms with Crippen molar-refractivity contribution in [2.75, 3.05) is 13.2 Å². The summed E-state index contributed by atoms with van der Waals surface area (Å²) in [7, 11) is 0. The molecule has 0 aromatic heterocycles. The first kappa shape index (κ1) is 19.1. The molecule has 1 aromatic carbocycles. The lowest BCUT2D eigenvalue weighted by molar-refractivity contribution is -0.139. The third-order valence-electron chi connectivity index (χ3n) is 4.25. The number of carbonyl (C=O) groups is 2. The van der Waals surface area contributed by atoms with Gasteiger partial charge < -0.3 is 19.9 Å². The summed E-state index contributed by atoms with van der Waals surface area (Å²) in [5, 5.41) is 11.9.